The van der Waals surface area contributed by atoms with Crippen molar-refractivity contribution in [2.75, 3.05) is 0 Å². The van der Waals surface area contributed by atoms with Crippen molar-refractivity contribution in [1.29, 1.82) is 0 Å². The number of nitrogens with zero attached hydrogens (tertiary/aromatic N) is 3. The van der Waals surface area contributed by atoms with Gasteiger partial charge in [0.05, 0.1) is 18.9 Å². The van der Waals surface area contributed by atoms with Gasteiger partial charge in [0.2, 0.25) is 11.8 Å². The lowest BCUT2D eigenvalue weighted by molar-refractivity contribution is -0.122. The second-order valence-electron chi connectivity index (χ2n) is 6.10. The number of aryl methyl sites for hydroxylation is 1. The summed E-state index contributed by atoms with van der Waals surface area (Å²) in [6.07, 6.45) is 6.36. The van der Waals surface area contributed by atoms with Crippen molar-refractivity contribution < 1.29 is 9.21 Å². The summed E-state index contributed by atoms with van der Waals surface area (Å²) >= 11 is 0. The monoisotopic (exact) mass is 322 g/mol. The minimum atomic E-state index is 0.0257. The van der Waals surface area contributed by atoms with Crippen LogP contribution in [0.2, 0.25) is 0 Å². The molecule has 1 aromatic carbocycles. The lowest BCUT2D eigenvalue weighted by atomic mass is 10.2. The van der Waals surface area contributed by atoms with Crippen LogP contribution in [0.5, 0.6) is 0 Å². The Morgan fingerprint density at radius 2 is 2.17 bits per heavy atom. The van der Waals surface area contributed by atoms with Gasteiger partial charge in [-0.3, -0.25) is 9.48 Å². The third-order valence-electron chi connectivity index (χ3n) is 4.31. The van der Waals surface area contributed by atoms with E-state index in [9.17, 15) is 4.79 Å². The van der Waals surface area contributed by atoms with Crippen LogP contribution in [0.15, 0.2) is 53.3 Å². The Balaban J connectivity index is 1.33. The number of hydrogen-bond acceptors (Lipinski definition) is 4. The van der Waals surface area contributed by atoms with E-state index in [-0.39, 0.29) is 17.7 Å². The second-order valence-corrected chi connectivity index (χ2v) is 6.10. The highest BCUT2D eigenvalue weighted by molar-refractivity contribution is 5.82. The van der Waals surface area contributed by atoms with Crippen molar-refractivity contribution in [2.24, 2.45) is 13.0 Å². The molecular weight excluding hydrogens is 304 g/mol. The van der Waals surface area contributed by atoms with E-state index in [4.69, 9.17) is 4.42 Å². The quantitative estimate of drug-likeness (QED) is 0.783. The van der Waals surface area contributed by atoms with Gasteiger partial charge in [-0.25, -0.2) is 4.98 Å². The van der Waals surface area contributed by atoms with E-state index in [0.29, 0.717) is 18.2 Å². The number of nitrogens with one attached hydrogen (secondary N) is 1. The van der Waals surface area contributed by atoms with Crippen molar-refractivity contribution in [3.05, 3.63) is 60.4 Å². The average Bonchev–Trinajstić information content (AvgIpc) is 3.05. The summed E-state index contributed by atoms with van der Waals surface area (Å²) in [5.41, 5.74) is 2.10. The van der Waals surface area contributed by atoms with Crippen LogP contribution in [0.3, 0.4) is 0 Å². The number of carbonyl (C=O) groups is 1. The first kappa shape index (κ1) is 14.7. The number of amides is 1. The number of benzene rings is 1. The predicted octanol–water partition coefficient (Wildman–Crippen LogP) is 2.50. The van der Waals surface area contributed by atoms with E-state index in [1.807, 2.05) is 49.8 Å². The van der Waals surface area contributed by atoms with Crippen LogP contribution in [0.1, 0.15) is 23.8 Å². The minimum Gasteiger partial charge on any atom is -0.439 e. The smallest absolute Gasteiger partial charge is 0.224 e. The van der Waals surface area contributed by atoms with Gasteiger partial charge in [-0.2, -0.15) is 5.10 Å². The van der Waals surface area contributed by atoms with Crippen LogP contribution < -0.4 is 5.32 Å². The molecule has 4 rings (SSSR count). The fourth-order valence-electron chi connectivity index (χ4n) is 2.91. The topological polar surface area (TPSA) is 73.0 Å². The first-order valence-electron chi connectivity index (χ1n) is 7.97. The highest BCUT2D eigenvalue weighted by Gasteiger charge is 2.44. The molecule has 2 heterocycles. The van der Waals surface area contributed by atoms with Crippen molar-refractivity contribution in [2.45, 2.75) is 18.9 Å². The molecule has 0 unspecified atom stereocenters. The molecule has 122 valence electrons. The maximum atomic E-state index is 12.2. The molecule has 2 aromatic heterocycles. The van der Waals surface area contributed by atoms with Crippen LogP contribution in [-0.2, 0) is 18.4 Å². The summed E-state index contributed by atoms with van der Waals surface area (Å²) in [4.78, 5) is 16.5. The average molecular weight is 322 g/mol. The predicted molar refractivity (Wildman–Crippen MR) is 87.8 cm³/mol. The molecule has 1 aliphatic rings. The molecule has 24 heavy (non-hydrogen) atoms. The fraction of sp³-hybridized carbons (Fsp3) is 0.278. The zero-order chi connectivity index (χ0) is 16.5. The number of carbonyl (C=O) groups excluding carboxylic acids is 1. The molecule has 0 saturated heterocycles. The normalized spacial score (nSPS) is 19.2. The van der Waals surface area contributed by atoms with Gasteiger partial charge >= 0.3 is 0 Å². The maximum Gasteiger partial charge on any atom is 0.224 e. The number of aromatic nitrogens is 3. The number of hydrogen-bond donors (Lipinski definition) is 1. The summed E-state index contributed by atoms with van der Waals surface area (Å²) in [5.74, 6) is 1.57. The van der Waals surface area contributed by atoms with Crippen molar-refractivity contribution in [1.82, 2.24) is 20.1 Å². The van der Waals surface area contributed by atoms with Crippen LogP contribution in [-0.4, -0.2) is 20.7 Å². The highest BCUT2D eigenvalue weighted by atomic mass is 16.4. The lowest BCUT2D eigenvalue weighted by Crippen LogP contribution is -2.25. The Morgan fingerprint density at radius 3 is 2.92 bits per heavy atom. The van der Waals surface area contributed by atoms with Gasteiger partial charge in [0, 0.05) is 24.7 Å². The third-order valence-corrected chi connectivity index (χ3v) is 4.31. The second kappa shape index (κ2) is 5.96. The van der Waals surface area contributed by atoms with E-state index < -0.39 is 0 Å². The molecule has 1 amide bonds. The first-order valence-corrected chi connectivity index (χ1v) is 7.97. The molecule has 3 aromatic rings. The van der Waals surface area contributed by atoms with Gasteiger partial charge in [0.25, 0.3) is 0 Å². The van der Waals surface area contributed by atoms with E-state index in [2.05, 4.69) is 15.4 Å². The van der Waals surface area contributed by atoms with Gasteiger partial charge in [0.15, 0.2) is 5.76 Å². The Kier molecular flexibility index (Phi) is 3.65. The lowest BCUT2D eigenvalue weighted by Gasteiger charge is -2.01. The Hall–Kier alpha value is -2.89. The number of rotatable bonds is 5. The number of oxazole rings is 1. The zero-order valence-corrected chi connectivity index (χ0v) is 13.3. The van der Waals surface area contributed by atoms with E-state index in [1.54, 1.807) is 10.9 Å². The standard InChI is InChI=1S/C18H18N4O2/c1-22-11-13(8-21-22)14-7-15(14)18(23)20-10-17-19-9-16(24-17)12-5-3-2-4-6-12/h2-6,8-9,11,14-15H,7,10H2,1H3,(H,20,23)/t14-,15-/m1/s1. The molecule has 2 atom stereocenters. The Bertz CT molecular complexity index is 853. The third kappa shape index (κ3) is 2.95. The molecule has 0 bridgehead atoms. The molecule has 1 aliphatic carbocycles. The Labute approximate surface area is 139 Å². The molecule has 1 saturated carbocycles. The minimum absolute atomic E-state index is 0.0257. The van der Waals surface area contributed by atoms with Gasteiger partial charge in [0.1, 0.15) is 0 Å². The molecule has 0 radical (unpaired) electrons. The molecule has 1 N–H and O–H groups in total. The summed E-state index contributed by atoms with van der Waals surface area (Å²) in [7, 11) is 1.88. The fourth-order valence-corrected chi connectivity index (χ4v) is 2.91. The first-order chi connectivity index (χ1) is 11.7. The van der Waals surface area contributed by atoms with E-state index in [0.717, 1.165) is 17.5 Å². The molecule has 6 nitrogen and oxygen atoms in total. The van der Waals surface area contributed by atoms with Gasteiger partial charge in [-0.05, 0) is 17.9 Å². The van der Waals surface area contributed by atoms with Gasteiger partial charge < -0.3 is 9.73 Å². The van der Waals surface area contributed by atoms with Crippen molar-refractivity contribution in [3.8, 4) is 11.3 Å². The molecular formula is C18H18N4O2. The van der Waals surface area contributed by atoms with Crippen molar-refractivity contribution in [3.63, 3.8) is 0 Å². The SMILES string of the molecule is Cn1cc([C@H]2C[C@H]2C(=O)NCc2ncc(-c3ccccc3)o2)cn1. The van der Waals surface area contributed by atoms with E-state index >= 15 is 0 Å². The van der Waals surface area contributed by atoms with Crippen LogP contribution >= 0.6 is 0 Å². The van der Waals surface area contributed by atoms with Crippen molar-refractivity contribution >= 4 is 5.91 Å². The highest BCUT2D eigenvalue weighted by Crippen LogP contribution is 2.47. The van der Waals surface area contributed by atoms with Crippen LogP contribution in [0.25, 0.3) is 11.3 Å². The van der Waals surface area contributed by atoms with Crippen LogP contribution in [0, 0.1) is 5.92 Å². The van der Waals surface area contributed by atoms with Gasteiger partial charge in [-0.1, -0.05) is 30.3 Å². The zero-order valence-electron chi connectivity index (χ0n) is 13.3. The molecule has 6 heteroatoms. The summed E-state index contributed by atoms with van der Waals surface area (Å²) < 4.78 is 7.46. The summed E-state index contributed by atoms with van der Waals surface area (Å²) in [5, 5.41) is 7.07. The summed E-state index contributed by atoms with van der Waals surface area (Å²) in [6, 6.07) is 9.78. The summed E-state index contributed by atoms with van der Waals surface area (Å²) in [6.45, 7) is 0.307. The molecule has 1 fully saturated rings. The Morgan fingerprint density at radius 1 is 1.33 bits per heavy atom. The van der Waals surface area contributed by atoms with E-state index in [1.165, 1.54) is 0 Å². The van der Waals surface area contributed by atoms with Crippen LogP contribution in [0.4, 0.5) is 0 Å². The van der Waals surface area contributed by atoms with Gasteiger partial charge in [-0.15, -0.1) is 0 Å². The molecule has 0 aliphatic heterocycles. The largest absolute Gasteiger partial charge is 0.439 e. The molecule has 0 spiro atoms. The maximum absolute atomic E-state index is 12.2.